The van der Waals surface area contributed by atoms with E-state index in [-0.39, 0.29) is 15.8 Å². The number of phosphoric acid groups is 4. The van der Waals surface area contributed by atoms with E-state index in [0.29, 0.717) is 4.57 Å². The number of fused-ring (bicyclic) bond motifs is 1. The molecule has 12 atom stereocenters. The summed E-state index contributed by atoms with van der Waals surface area (Å²) in [6.07, 6.45) is -10.3. The van der Waals surface area contributed by atoms with Crippen LogP contribution in [0.25, 0.3) is 11.2 Å². The minimum atomic E-state index is -6.22. The lowest BCUT2D eigenvalue weighted by Crippen LogP contribution is -2.37. The predicted molar refractivity (Wildman–Crippen MR) is 160 cm³/mol. The molecule has 284 valence electrons. The van der Waals surface area contributed by atoms with Gasteiger partial charge in [-0.1, -0.05) is 12.2 Å². The molecule has 3 aromatic heterocycles. The molecule has 2 fully saturated rings. The standard InChI is InChI=1S/C19H26N6O21P4S/c26-9-1-2-24(19(31)23-9)17-13(29)11(27)7(42-17)3-40-47(32,33)44-49(36,37)46-50(38,39)45-48(34,35)41-4-8-12(28)14(30)18(43-8)25-6-22-15-10(25)16(51)21-5-20-15/h1-2,5-8,11-14,17-18,27-30H,3-4H2,(H,32,33)(H,34,35)(H,36,37)(H,38,39)(H,20,21,51)(H,23,26,31)/t7-,8?,11-,12?,13-,14?,17-,18?/m1/s1. The molecule has 51 heavy (non-hydrogen) atoms. The van der Waals surface area contributed by atoms with E-state index in [1.807, 2.05) is 4.98 Å². The van der Waals surface area contributed by atoms with E-state index in [2.05, 4.69) is 36.9 Å². The summed E-state index contributed by atoms with van der Waals surface area (Å²) < 4.78 is 82.2. The first-order chi connectivity index (χ1) is 23.6. The fourth-order valence-corrected chi connectivity index (χ4v) is 9.92. The van der Waals surface area contributed by atoms with Crippen LogP contribution in [0.2, 0.25) is 0 Å². The number of rotatable bonds is 14. The lowest BCUT2D eigenvalue weighted by Gasteiger charge is -2.21. The first-order valence-corrected chi connectivity index (χ1v) is 20.0. The lowest BCUT2D eigenvalue weighted by molar-refractivity contribution is -0.0542. The molecule has 0 bridgehead atoms. The smallest absolute Gasteiger partial charge is 0.387 e. The van der Waals surface area contributed by atoms with Gasteiger partial charge in [-0.3, -0.25) is 28.0 Å². The summed E-state index contributed by atoms with van der Waals surface area (Å²) >= 11 is 5.13. The molecule has 0 amide bonds. The number of nitrogens with one attached hydrogen (secondary N) is 2. The van der Waals surface area contributed by atoms with Gasteiger partial charge < -0.3 is 54.5 Å². The molecule has 32 heteroatoms. The van der Waals surface area contributed by atoms with E-state index >= 15 is 0 Å². The Morgan fingerprint density at radius 1 is 0.765 bits per heavy atom. The predicted octanol–water partition coefficient (Wildman–Crippen LogP) is -2.24. The molecule has 2 aliphatic heterocycles. The summed E-state index contributed by atoms with van der Waals surface area (Å²) in [7, 11) is -24.0. The van der Waals surface area contributed by atoms with Crippen LogP contribution >= 0.6 is 43.5 Å². The second-order valence-electron chi connectivity index (χ2n) is 10.4. The molecular weight excluding hydrogens is 804 g/mol. The van der Waals surface area contributed by atoms with Crippen molar-refractivity contribution >= 4 is 54.7 Å². The maximum absolute atomic E-state index is 12.4. The quantitative estimate of drug-likeness (QED) is 0.0606. The van der Waals surface area contributed by atoms with Gasteiger partial charge >= 0.3 is 37.0 Å². The van der Waals surface area contributed by atoms with Gasteiger partial charge in [-0.15, -0.1) is 0 Å². The average molecular weight is 830 g/mol. The van der Waals surface area contributed by atoms with Crippen molar-refractivity contribution in [2.24, 2.45) is 0 Å². The number of H-pyrrole nitrogens is 2. The summed E-state index contributed by atoms with van der Waals surface area (Å²) in [6, 6.07) is 0.877. The summed E-state index contributed by atoms with van der Waals surface area (Å²) in [5, 5.41) is 41.3. The third-order valence-corrected chi connectivity index (χ3v) is 13.1. The van der Waals surface area contributed by atoms with Crippen molar-refractivity contribution in [1.29, 1.82) is 0 Å². The molecule has 0 spiro atoms. The Morgan fingerprint density at radius 2 is 1.25 bits per heavy atom. The number of imidazole rings is 1. The molecule has 2 aliphatic rings. The van der Waals surface area contributed by atoms with Crippen LogP contribution in [-0.2, 0) is 49.7 Å². The molecule has 0 saturated carbocycles. The van der Waals surface area contributed by atoms with Crippen LogP contribution in [0, 0.1) is 4.64 Å². The molecule has 0 aromatic carbocycles. The van der Waals surface area contributed by atoms with Crippen LogP contribution in [0.1, 0.15) is 12.5 Å². The van der Waals surface area contributed by atoms with Gasteiger partial charge in [0.15, 0.2) is 22.7 Å². The van der Waals surface area contributed by atoms with Crippen molar-refractivity contribution < 1.29 is 89.7 Å². The normalized spacial score (nSPS) is 31.5. The third kappa shape index (κ3) is 9.29. The molecule has 0 aliphatic carbocycles. The van der Waals surface area contributed by atoms with Gasteiger partial charge in [0.25, 0.3) is 5.56 Å². The molecule has 5 rings (SSSR count). The Morgan fingerprint density at radius 3 is 1.76 bits per heavy atom. The minimum Gasteiger partial charge on any atom is -0.387 e. The van der Waals surface area contributed by atoms with E-state index in [0.717, 1.165) is 12.3 Å². The molecule has 10 N–H and O–H groups in total. The highest BCUT2D eigenvalue weighted by Gasteiger charge is 2.50. The number of aliphatic hydroxyl groups excluding tert-OH is 4. The maximum Gasteiger partial charge on any atom is 0.490 e. The molecule has 2 saturated heterocycles. The zero-order valence-corrected chi connectivity index (χ0v) is 29.1. The Balaban J connectivity index is 1.14. The molecular formula is C19H26N6O21P4S. The van der Waals surface area contributed by atoms with Gasteiger partial charge in [-0.2, -0.15) is 12.9 Å². The van der Waals surface area contributed by atoms with Crippen LogP contribution in [0.3, 0.4) is 0 Å². The average Bonchev–Trinajstić information content (AvgIpc) is 3.64. The number of hydrogen-bond donors (Lipinski definition) is 10. The number of phosphoric ester groups is 2. The van der Waals surface area contributed by atoms with Crippen molar-refractivity contribution in [1.82, 2.24) is 29.1 Å². The third-order valence-electron chi connectivity index (χ3n) is 6.88. The summed E-state index contributed by atoms with van der Waals surface area (Å²) in [5.41, 5.74) is -1.45. The Kier molecular flexibility index (Phi) is 11.7. The van der Waals surface area contributed by atoms with Gasteiger partial charge in [-0.05, 0) is 0 Å². The largest absolute Gasteiger partial charge is 0.490 e. The fraction of sp³-hybridized carbons (Fsp3) is 0.526. The number of hydrogen-bond acceptors (Lipinski definition) is 20. The van der Waals surface area contributed by atoms with Gasteiger partial charge in [0, 0.05) is 12.3 Å². The highest BCUT2D eigenvalue weighted by Crippen LogP contribution is 2.71. The SMILES string of the molecule is O=c1ccn([C@@H]2O[C@H](COP(=O)(O)OP(=O)(O)OP(=O)(O)OP(=O)(O)OCC3OC(n4cnc5[nH]cnc(=S)c54)C(O)C3O)[C@@H](O)[C@H]2O)c(=O)[nH]1. The zero-order chi connectivity index (χ0) is 37.7. The molecule has 5 heterocycles. The monoisotopic (exact) mass is 830 g/mol. The van der Waals surface area contributed by atoms with Gasteiger partial charge in [0.1, 0.15) is 42.1 Å². The zero-order valence-electron chi connectivity index (χ0n) is 24.7. The van der Waals surface area contributed by atoms with Crippen LogP contribution in [0.4, 0.5) is 0 Å². The summed E-state index contributed by atoms with van der Waals surface area (Å²) in [4.78, 5) is 75.0. The first-order valence-electron chi connectivity index (χ1n) is 13.6. The Hall–Kier alpha value is -2.23. The fourth-order valence-electron chi connectivity index (χ4n) is 4.71. The Bertz CT molecular complexity index is 2140. The van der Waals surface area contributed by atoms with Gasteiger partial charge in [-0.25, -0.2) is 33.0 Å². The summed E-state index contributed by atoms with van der Waals surface area (Å²) in [5.74, 6) is 0. The topological polar surface area (TPSA) is 396 Å². The van der Waals surface area contributed by atoms with Crippen LogP contribution in [0.15, 0.2) is 34.5 Å². The lowest BCUT2D eigenvalue weighted by atomic mass is 10.1. The highest BCUT2D eigenvalue weighted by atomic mass is 32.1. The van der Waals surface area contributed by atoms with E-state index in [1.54, 1.807) is 0 Å². The van der Waals surface area contributed by atoms with Crippen molar-refractivity contribution in [3.63, 3.8) is 0 Å². The number of ether oxygens (including phenoxy) is 2. The highest BCUT2D eigenvalue weighted by molar-refractivity contribution is 7.71. The second-order valence-corrected chi connectivity index (χ2v) is 17.0. The van der Waals surface area contributed by atoms with Gasteiger partial charge in [0.05, 0.1) is 25.9 Å². The number of nitrogens with zero attached hydrogens (tertiary/aromatic N) is 4. The van der Waals surface area contributed by atoms with Crippen molar-refractivity contribution in [3.8, 4) is 0 Å². The number of aliphatic hydroxyl groups is 4. The minimum absolute atomic E-state index is 0.0327. The van der Waals surface area contributed by atoms with E-state index in [1.165, 1.54) is 17.2 Å². The number of aromatic amines is 2. The maximum atomic E-state index is 12.4. The second kappa shape index (κ2) is 14.9. The van der Waals surface area contributed by atoms with Crippen molar-refractivity contribution in [2.45, 2.75) is 49.1 Å². The molecule has 27 nitrogen and oxygen atoms in total. The van der Waals surface area contributed by atoms with Gasteiger partial charge in [0.2, 0.25) is 0 Å². The van der Waals surface area contributed by atoms with E-state index in [4.69, 9.17) is 21.7 Å². The van der Waals surface area contributed by atoms with E-state index < -0.39 is 105 Å². The molecule has 0 radical (unpaired) electrons. The van der Waals surface area contributed by atoms with Crippen molar-refractivity contribution in [2.75, 3.05) is 13.2 Å². The molecule has 8 unspecified atom stereocenters. The number of aromatic nitrogens is 6. The van der Waals surface area contributed by atoms with Crippen molar-refractivity contribution in [3.05, 3.63) is 50.4 Å². The molecule has 3 aromatic rings. The van der Waals surface area contributed by atoms with Crippen LogP contribution in [0.5, 0.6) is 0 Å². The van der Waals surface area contributed by atoms with E-state index in [9.17, 15) is 67.8 Å². The van der Waals surface area contributed by atoms with Crippen LogP contribution < -0.4 is 11.2 Å². The van der Waals surface area contributed by atoms with Crippen LogP contribution in [-0.4, -0.2) is 119 Å². The first kappa shape index (κ1) is 40.0. The summed E-state index contributed by atoms with van der Waals surface area (Å²) in [6.45, 7) is -2.31. The Labute approximate surface area is 286 Å².